The zero-order valence-electron chi connectivity index (χ0n) is 14.4. The van der Waals surface area contributed by atoms with Gasteiger partial charge >= 0.3 is 0 Å². The monoisotopic (exact) mass is 335 g/mol. The van der Waals surface area contributed by atoms with Crippen LogP contribution in [0.1, 0.15) is 29.2 Å². The summed E-state index contributed by atoms with van der Waals surface area (Å²) in [6.45, 7) is 2.50. The molecule has 0 saturated heterocycles. The van der Waals surface area contributed by atoms with Crippen LogP contribution in [-0.2, 0) is 11.3 Å². The third-order valence-corrected chi connectivity index (χ3v) is 4.77. The van der Waals surface area contributed by atoms with Gasteiger partial charge in [-0.15, -0.1) is 0 Å². The number of benzene rings is 1. The second-order valence-corrected chi connectivity index (χ2v) is 6.61. The van der Waals surface area contributed by atoms with Crippen LogP contribution in [0, 0.1) is 12.8 Å². The summed E-state index contributed by atoms with van der Waals surface area (Å²) in [5, 5.41) is 3.02. The number of fused-ring (bicyclic) bond motifs is 1. The minimum absolute atomic E-state index is 0.0237. The summed E-state index contributed by atoms with van der Waals surface area (Å²) >= 11 is 0. The lowest BCUT2D eigenvalue weighted by Crippen LogP contribution is -2.25. The minimum Gasteiger partial charge on any atom is -0.496 e. The lowest BCUT2D eigenvalue weighted by Gasteiger charge is -2.07. The van der Waals surface area contributed by atoms with Crippen LogP contribution in [0.4, 0.5) is 0 Å². The van der Waals surface area contributed by atoms with E-state index >= 15 is 0 Å². The number of methoxy groups -OCH3 is 1. The maximum Gasteiger partial charge on any atom is 0.224 e. The van der Waals surface area contributed by atoms with E-state index in [4.69, 9.17) is 4.74 Å². The molecule has 1 N–H and O–H groups in total. The van der Waals surface area contributed by atoms with Crippen LogP contribution in [0.2, 0.25) is 0 Å². The zero-order valence-corrected chi connectivity index (χ0v) is 14.4. The average Bonchev–Trinajstić information content (AvgIpc) is 3.32. The van der Waals surface area contributed by atoms with Gasteiger partial charge in [0.1, 0.15) is 11.4 Å². The van der Waals surface area contributed by atoms with Crippen LogP contribution >= 0.6 is 0 Å². The van der Waals surface area contributed by atoms with Gasteiger partial charge in [0.25, 0.3) is 0 Å². The molecule has 2 aromatic heterocycles. The molecule has 1 amide bonds. The topological polar surface area (TPSA) is 55.6 Å². The minimum atomic E-state index is 0.0237. The van der Waals surface area contributed by atoms with Gasteiger partial charge in [-0.05, 0) is 48.6 Å². The number of carbonyl (C=O) groups is 1. The summed E-state index contributed by atoms with van der Waals surface area (Å²) in [4.78, 5) is 17.0. The molecule has 1 aromatic carbocycles. The molecule has 2 atom stereocenters. The molecule has 0 bridgehead atoms. The van der Waals surface area contributed by atoms with Crippen LogP contribution in [-0.4, -0.2) is 22.4 Å². The van der Waals surface area contributed by atoms with Crippen LogP contribution in [0.15, 0.2) is 48.8 Å². The lowest BCUT2D eigenvalue weighted by molar-refractivity contribution is -0.122. The van der Waals surface area contributed by atoms with Crippen LogP contribution in [0.5, 0.6) is 5.75 Å². The Morgan fingerprint density at radius 2 is 2.20 bits per heavy atom. The quantitative estimate of drug-likeness (QED) is 0.779. The molecule has 0 radical (unpaired) electrons. The summed E-state index contributed by atoms with van der Waals surface area (Å²) < 4.78 is 7.38. The Hall–Kier alpha value is -2.82. The molecular weight excluding hydrogens is 314 g/mol. The van der Waals surface area contributed by atoms with Crippen molar-refractivity contribution in [3.8, 4) is 5.75 Å². The molecule has 1 aliphatic carbocycles. The number of nitrogens with zero attached hydrogens (tertiary/aromatic N) is 2. The highest BCUT2D eigenvalue weighted by atomic mass is 16.5. The Morgan fingerprint density at radius 3 is 3.04 bits per heavy atom. The molecule has 5 nitrogen and oxygen atoms in total. The number of hydrogen-bond donors (Lipinski definition) is 1. The van der Waals surface area contributed by atoms with Crippen molar-refractivity contribution < 1.29 is 9.53 Å². The molecule has 5 heteroatoms. The number of carbonyl (C=O) groups excluding carboxylic acids is 1. The van der Waals surface area contributed by atoms with E-state index in [0.717, 1.165) is 29.1 Å². The first-order valence-corrected chi connectivity index (χ1v) is 8.50. The smallest absolute Gasteiger partial charge is 0.224 e. The van der Waals surface area contributed by atoms with Gasteiger partial charge in [-0.2, -0.15) is 0 Å². The van der Waals surface area contributed by atoms with E-state index in [-0.39, 0.29) is 17.7 Å². The third kappa shape index (κ3) is 3.09. The van der Waals surface area contributed by atoms with E-state index < -0.39 is 0 Å². The van der Waals surface area contributed by atoms with Crippen molar-refractivity contribution in [1.82, 2.24) is 14.7 Å². The van der Waals surface area contributed by atoms with E-state index in [1.165, 1.54) is 5.56 Å². The lowest BCUT2D eigenvalue weighted by atomic mass is 10.1. The van der Waals surface area contributed by atoms with Gasteiger partial charge in [0.2, 0.25) is 5.91 Å². The van der Waals surface area contributed by atoms with Gasteiger partial charge in [0, 0.05) is 18.3 Å². The number of nitrogens with one attached hydrogen (secondary N) is 1. The van der Waals surface area contributed by atoms with Crippen molar-refractivity contribution >= 4 is 11.6 Å². The van der Waals surface area contributed by atoms with Gasteiger partial charge < -0.3 is 14.5 Å². The third-order valence-electron chi connectivity index (χ3n) is 4.77. The second-order valence-electron chi connectivity index (χ2n) is 6.61. The summed E-state index contributed by atoms with van der Waals surface area (Å²) in [5.41, 5.74) is 4.07. The highest BCUT2D eigenvalue weighted by Crippen LogP contribution is 2.50. The van der Waals surface area contributed by atoms with Gasteiger partial charge in [-0.1, -0.05) is 18.2 Å². The fraction of sp³-hybridized carbons (Fsp3) is 0.300. The Balaban J connectivity index is 1.39. The molecule has 3 aromatic rings. The first-order valence-electron chi connectivity index (χ1n) is 8.50. The van der Waals surface area contributed by atoms with Gasteiger partial charge in [0.05, 0.1) is 19.3 Å². The van der Waals surface area contributed by atoms with Gasteiger partial charge in [-0.3, -0.25) is 4.79 Å². The fourth-order valence-electron chi connectivity index (χ4n) is 3.33. The molecule has 2 heterocycles. The Morgan fingerprint density at radius 1 is 1.36 bits per heavy atom. The molecule has 0 unspecified atom stereocenters. The van der Waals surface area contributed by atoms with Crippen molar-refractivity contribution in [2.75, 3.05) is 7.11 Å². The SMILES string of the molecule is COc1ccccc1[C@H]1C[C@H]1C(=O)NCc1cn2ccc(C)cc2n1. The maximum absolute atomic E-state index is 12.4. The molecule has 1 saturated carbocycles. The second kappa shape index (κ2) is 6.24. The first-order chi connectivity index (χ1) is 12.2. The van der Waals surface area contributed by atoms with Crippen LogP contribution in [0.25, 0.3) is 5.65 Å². The van der Waals surface area contributed by atoms with Gasteiger partial charge in [0.15, 0.2) is 0 Å². The number of hydrogen-bond acceptors (Lipinski definition) is 3. The van der Waals surface area contributed by atoms with Crippen molar-refractivity contribution in [2.45, 2.75) is 25.8 Å². The molecule has 1 aliphatic rings. The molecule has 0 aliphatic heterocycles. The molecule has 128 valence electrons. The number of aryl methyl sites for hydroxylation is 1. The summed E-state index contributed by atoms with van der Waals surface area (Å²) in [6, 6.07) is 12.0. The van der Waals surface area contributed by atoms with Crippen molar-refractivity contribution in [2.24, 2.45) is 5.92 Å². The number of ether oxygens (including phenoxy) is 1. The fourth-order valence-corrected chi connectivity index (χ4v) is 3.33. The largest absolute Gasteiger partial charge is 0.496 e. The first kappa shape index (κ1) is 15.7. The molecule has 0 spiro atoms. The summed E-state index contributed by atoms with van der Waals surface area (Å²) in [5.74, 6) is 1.22. The Labute approximate surface area is 146 Å². The Kier molecular flexibility index (Phi) is 3.92. The Bertz CT molecular complexity index is 932. The van der Waals surface area contributed by atoms with E-state index in [1.807, 2.05) is 60.1 Å². The molecule has 25 heavy (non-hydrogen) atoms. The molecule has 1 fully saturated rings. The number of aromatic nitrogens is 2. The van der Waals surface area contributed by atoms with Crippen LogP contribution in [0.3, 0.4) is 0 Å². The van der Waals surface area contributed by atoms with Gasteiger partial charge in [-0.25, -0.2) is 4.98 Å². The number of amides is 1. The average molecular weight is 335 g/mol. The maximum atomic E-state index is 12.4. The highest BCUT2D eigenvalue weighted by molar-refractivity contribution is 5.83. The predicted molar refractivity (Wildman–Crippen MR) is 95.6 cm³/mol. The van der Waals surface area contributed by atoms with E-state index in [2.05, 4.69) is 10.3 Å². The van der Waals surface area contributed by atoms with E-state index in [9.17, 15) is 4.79 Å². The van der Waals surface area contributed by atoms with Crippen molar-refractivity contribution in [1.29, 1.82) is 0 Å². The van der Waals surface area contributed by atoms with Crippen molar-refractivity contribution in [3.63, 3.8) is 0 Å². The molecule has 4 rings (SSSR count). The normalized spacial score (nSPS) is 19.0. The standard InChI is InChI=1S/C20H21N3O2/c1-13-7-8-23-12-14(22-19(23)9-13)11-21-20(24)17-10-16(17)15-5-3-4-6-18(15)25-2/h3-9,12,16-17H,10-11H2,1-2H3,(H,21,24)/t16-,17-/m1/s1. The number of pyridine rings is 1. The molecular formula is C20H21N3O2. The van der Waals surface area contributed by atoms with Crippen LogP contribution < -0.4 is 10.1 Å². The highest BCUT2D eigenvalue weighted by Gasteiger charge is 2.45. The summed E-state index contributed by atoms with van der Waals surface area (Å²) in [6.07, 6.45) is 4.82. The predicted octanol–water partition coefficient (Wildman–Crippen LogP) is 3.07. The van der Waals surface area contributed by atoms with E-state index in [0.29, 0.717) is 6.54 Å². The number of imidazole rings is 1. The number of rotatable bonds is 5. The number of para-hydroxylation sites is 1. The van der Waals surface area contributed by atoms with E-state index in [1.54, 1.807) is 7.11 Å². The summed E-state index contributed by atoms with van der Waals surface area (Å²) in [7, 11) is 1.67. The zero-order chi connectivity index (χ0) is 17.4. The van der Waals surface area contributed by atoms with Crippen molar-refractivity contribution in [3.05, 3.63) is 65.6 Å².